The zero-order chi connectivity index (χ0) is 13.8. The second kappa shape index (κ2) is 5.73. The molecule has 1 aromatic carbocycles. The molecule has 4 N–H and O–H groups in total. The van der Waals surface area contributed by atoms with E-state index in [2.05, 4.69) is 17.4 Å². The normalized spacial score (nSPS) is 17.0. The van der Waals surface area contributed by atoms with Crippen LogP contribution in [0.5, 0.6) is 0 Å². The molecule has 2 rings (SSSR count). The summed E-state index contributed by atoms with van der Waals surface area (Å²) in [5, 5.41) is 14.6. The molecule has 102 valence electrons. The van der Waals surface area contributed by atoms with Crippen molar-refractivity contribution in [2.24, 2.45) is 16.8 Å². The molecule has 0 aromatic heterocycles. The molecule has 5 nitrogen and oxygen atoms in total. The van der Waals surface area contributed by atoms with E-state index in [0.29, 0.717) is 5.56 Å². The predicted octanol–water partition coefficient (Wildman–Crippen LogP) is 1.50. The average Bonchev–Trinajstić information content (AvgIpc) is 3.28. The van der Waals surface area contributed by atoms with Crippen LogP contribution >= 0.6 is 0 Å². The van der Waals surface area contributed by atoms with Crippen LogP contribution in [0.15, 0.2) is 29.4 Å². The number of amides is 1. The first-order valence-corrected chi connectivity index (χ1v) is 6.53. The van der Waals surface area contributed by atoms with E-state index in [4.69, 9.17) is 10.9 Å². The lowest BCUT2D eigenvalue weighted by Crippen LogP contribution is -2.46. The van der Waals surface area contributed by atoms with Crippen LogP contribution in [-0.2, 0) is 6.42 Å². The average molecular weight is 261 g/mol. The summed E-state index contributed by atoms with van der Waals surface area (Å²) in [6, 6.07) is 7.09. The lowest BCUT2D eigenvalue weighted by atomic mass is 10.1. The van der Waals surface area contributed by atoms with Gasteiger partial charge in [-0.25, -0.2) is 0 Å². The van der Waals surface area contributed by atoms with Gasteiger partial charge < -0.3 is 16.3 Å². The molecule has 1 saturated carbocycles. The van der Waals surface area contributed by atoms with Crippen molar-refractivity contribution >= 4 is 11.7 Å². The van der Waals surface area contributed by atoms with Crippen LogP contribution in [0.1, 0.15) is 35.7 Å². The number of hydrogen-bond donors (Lipinski definition) is 3. The van der Waals surface area contributed by atoms with Gasteiger partial charge in [0, 0.05) is 5.56 Å². The van der Waals surface area contributed by atoms with Crippen molar-refractivity contribution in [1.82, 2.24) is 5.32 Å². The Balaban J connectivity index is 2.06. The summed E-state index contributed by atoms with van der Waals surface area (Å²) in [4.78, 5) is 12.1. The van der Waals surface area contributed by atoms with E-state index in [0.717, 1.165) is 19.3 Å². The number of rotatable bonds is 5. The highest BCUT2D eigenvalue weighted by Crippen LogP contribution is 2.32. The van der Waals surface area contributed by atoms with Gasteiger partial charge in [-0.05, 0) is 42.9 Å². The van der Waals surface area contributed by atoms with E-state index in [1.165, 1.54) is 5.56 Å². The summed E-state index contributed by atoms with van der Waals surface area (Å²) in [7, 11) is 0. The molecule has 0 spiro atoms. The lowest BCUT2D eigenvalue weighted by molar-refractivity contribution is 0.0943. The molecule has 0 saturated heterocycles. The number of benzene rings is 1. The van der Waals surface area contributed by atoms with Gasteiger partial charge in [0.2, 0.25) is 0 Å². The number of amidine groups is 1. The number of nitrogens with zero attached hydrogens (tertiary/aromatic N) is 1. The van der Waals surface area contributed by atoms with Gasteiger partial charge in [0.05, 0.1) is 6.04 Å². The summed E-state index contributed by atoms with van der Waals surface area (Å²) in [5.41, 5.74) is 7.39. The van der Waals surface area contributed by atoms with Crippen LogP contribution in [0, 0.1) is 5.92 Å². The van der Waals surface area contributed by atoms with Crippen LogP contribution in [0.4, 0.5) is 0 Å². The molecule has 1 amide bonds. The third-order valence-corrected chi connectivity index (χ3v) is 3.44. The Hall–Kier alpha value is -2.04. The number of carbonyl (C=O) groups is 1. The van der Waals surface area contributed by atoms with Crippen molar-refractivity contribution in [3.63, 3.8) is 0 Å². The minimum absolute atomic E-state index is 0.0704. The maximum absolute atomic E-state index is 12.1. The van der Waals surface area contributed by atoms with Crippen LogP contribution in [0.25, 0.3) is 0 Å². The topological polar surface area (TPSA) is 87.7 Å². The minimum Gasteiger partial charge on any atom is -0.409 e. The van der Waals surface area contributed by atoms with Gasteiger partial charge in [0.25, 0.3) is 5.91 Å². The van der Waals surface area contributed by atoms with Crippen molar-refractivity contribution in [3.05, 3.63) is 35.4 Å². The fourth-order valence-corrected chi connectivity index (χ4v) is 2.04. The number of nitrogens with one attached hydrogen (secondary N) is 1. The highest BCUT2D eigenvalue weighted by molar-refractivity contribution is 5.98. The van der Waals surface area contributed by atoms with Gasteiger partial charge in [-0.1, -0.05) is 24.2 Å². The second-order valence-electron chi connectivity index (χ2n) is 4.86. The lowest BCUT2D eigenvalue weighted by Gasteiger charge is -2.16. The standard InChI is InChI=1S/C14H19N3O2/c1-2-9-3-5-11(6-4-9)14(18)16-12(10-7-8-10)13(15)17-19/h3-6,10,12,19H,2,7-8H2,1H3,(H2,15,17)(H,16,18). The maximum Gasteiger partial charge on any atom is 0.251 e. The molecular weight excluding hydrogens is 242 g/mol. The molecule has 0 heterocycles. The van der Waals surface area contributed by atoms with E-state index in [9.17, 15) is 4.79 Å². The van der Waals surface area contributed by atoms with Crippen molar-refractivity contribution in [3.8, 4) is 0 Å². The number of nitrogens with two attached hydrogens (primary N) is 1. The third-order valence-electron chi connectivity index (χ3n) is 3.44. The zero-order valence-corrected chi connectivity index (χ0v) is 11.0. The fraction of sp³-hybridized carbons (Fsp3) is 0.429. The van der Waals surface area contributed by atoms with Gasteiger partial charge in [-0.2, -0.15) is 0 Å². The Kier molecular flexibility index (Phi) is 4.04. The molecule has 1 aliphatic carbocycles. The SMILES string of the molecule is CCc1ccc(C(=O)NC(C(N)=NO)C2CC2)cc1. The minimum atomic E-state index is -0.372. The number of carbonyl (C=O) groups excluding carboxylic acids is 1. The van der Waals surface area contributed by atoms with Gasteiger partial charge >= 0.3 is 0 Å². The molecule has 19 heavy (non-hydrogen) atoms. The summed E-state index contributed by atoms with van der Waals surface area (Å²) < 4.78 is 0. The summed E-state index contributed by atoms with van der Waals surface area (Å²) in [5.74, 6) is 0.168. The summed E-state index contributed by atoms with van der Waals surface area (Å²) in [6.07, 6.45) is 2.93. The fourth-order valence-electron chi connectivity index (χ4n) is 2.04. The molecule has 1 unspecified atom stereocenters. The Morgan fingerprint density at radius 2 is 2.11 bits per heavy atom. The van der Waals surface area contributed by atoms with Crippen LogP contribution in [0.2, 0.25) is 0 Å². The molecule has 1 aliphatic rings. The first-order valence-electron chi connectivity index (χ1n) is 6.53. The first-order chi connectivity index (χ1) is 9.15. The van der Waals surface area contributed by atoms with Gasteiger partial charge in [0.15, 0.2) is 5.84 Å². The summed E-state index contributed by atoms with van der Waals surface area (Å²) in [6.45, 7) is 2.07. The van der Waals surface area contributed by atoms with Crippen molar-refractivity contribution in [2.45, 2.75) is 32.2 Å². The Morgan fingerprint density at radius 1 is 1.47 bits per heavy atom. The molecule has 1 atom stereocenters. The van der Waals surface area contributed by atoms with Gasteiger partial charge in [-0.15, -0.1) is 0 Å². The highest BCUT2D eigenvalue weighted by atomic mass is 16.4. The van der Waals surface area contributed by atoms with Crippen molar-refractivity contribution in [1.29, 1.82) is 0 Å². The van der Waals surface area contributed by atoms with E-state index in [1.807, 2.05) is 12.1 Å². The van der Waals surface area contributed by atoms with E-state index < -0.39 is 0 Å². The molecule has 5 heteroatoms. The van der Waals surface area contributed by atoms with Gasteiger partial charge in [0.1, 0.15) is 0 Å². The van der Waals surface area contributed by atoms with E-state index in [1.54, 1.807) is 12.1 Å². The molecule has 1 aromatic rings. The molecule has 0 bridgehead atoms. The highest BCUT2D eigenvalue weighted by Gasteiger charge is 2.35. The maximum atomic E-state index is 12.1. The van der Waals surface area contributed by atoms with Gasteiger partial charge in [-0.3, -0.25) is 4.79 Å². The quantitative estimate of drug-likeness (QED) is 0.325. The van der Waals surface area contributed by atoms with Crippen molar-refractivity contribution in [2.75, 3.05) is 0 Å². The Morgan fingerprint density at radius 3 is 2.58 bits per heavy atom. The Labute approximate surface area is 112 Å². The molecule has 0 radical (unpaired) electrons. The Bertz CT molecular complexity index is 478. The third kappa shape index (κ3) is 3.24. The van der Waals surface area contributed by atoms with Crippen LogP contribution in [-0.4, -0.2) is 23.0 Å². The van der Waals surface area contributed by atoms with E-state index >= 15 is 0 Å². The van der Waals surface area contributed by atoms with Crippen LogP contribution in [0.3, 0.4) is 0 Å². The zero-order valence-electron chi connectivity index (χ0n) is 11.0. The smallest absolute Gasteiger partial charge is 0.251 e. The second-order valence-corrected chi connectivity index (χ2v) is 4.86. The molecule has 0 aliphatic heterocycles. The number of hydrogen-bond acceptors (Lipinski definition) is 3. The van der Waals surface area contributed by atoms with Crippen molar-refractivity contribution < 1.29 is 10.0 Å². The first kappa shape index (κ1) is 13.4. The van der Waals surface area contributed by atoms with E-state index in [-0.39, 0.29) is 23.7 Å². The predicted molar refractivity (Wildman–Crippen MR) is 73.2 cm³/mol. The molecular formula is C14H19N3O2. The number of aryl methyl sites for hydroxylation is 1. The summed E-state index contributed by atoms with van der Waals surface area (Å²) >= 11 is 0. The largest absolute Gasteiger partial charge is 0.409 e. The van der Waals surface area contributed by atoms with Crippen LogP contribution < -0.4 is 11.1 Å². The molecule has 1 fully saturated rings. The number of oxime groups is 1. The monoisotopic (exact) mass is 261 g/mol.